The fourth-order valence-electron chi connectivity index (χ4n) is 1.87. The zero-order valence-corrected chi connectivity index (χ0v) is 11.1. The largest absolute Gasteiger partial charge is 0.320 e. The molecule has 0 fully saturated rings. The van der Waals surface area contributed by atoms with Crippen LogP contribution in [0, 0.1) is 19.7 Å². The zero-order valence-electron chi connectivity index (χ0n) is 10.4. The summed E-state index contributed by atoms with van der Waals surface area (Å²) in [6, 6.07) is 10.1. The lowest BCUT2D eigenvalue weighted by molar-refractivity contribution is 0.598. The quantitative estimate of drug-likeness (QED) is 0.866. The van der Waals surface area contributed by atoms with E-state index in [1.165, 1.54) is 6.07 Å². The first-order valence-electron chi connectivity index (χ1n) is 5.76. The van der Waals surface area contributed by atoms with E-state index in [0.29, 0.717) is 10.6 Å². The lowest BCUT2D eigenvalue weighted by atomic mass is 9.97. The smallest absolute Gasteiger partial charge is 0.128 e. The second-order valence-electron chi connectivity index (χ2n) is 4.51. The topological polar surface area (TPSA) is 26.0 Å². The first-order valence-corrected chi connectivity index (χ1v) is 6.14. The summed E-state index contributed by atoms with van der Waals surface area (Å²) < 4.78 is 13.9. The molecule has 1 atom stereocenters. The molecule has 0 radical (unpaired) electrons. The van der Waals surface area contributed by atoms with E-state index in [4.69, 9.17) is 17.3 Å². The van der Waals surface area contributed by atoms with Crippen molar-refractivity contribution >= 4 is 11.6 Å². The normalized spacial score (nSPS) is 12.5. The third-order valence-corrected chi connectivity index (χ3v) is 3.45. The van der Waals surface area contributed by atoms with Gasteiger partial charge in [0.2, 0.25) is 0 Å². The van der Waals surface area contributed by atoms with Crippen molar-refractivity contribution in [2.45, 2.75) is 19.9 Å². The van der Waals surface area contributed by atoms with E-state index >= 15 is 0 Å². The van der Waals surface area contributed by atoms with Crippen LogP contribution in [-0.4, -0.2) is 0 Å². The molecule has 2 aromatic carbocycles. The van der Waals surface area contributed by atoms with Crippen LogP contribution in [0.2, 0.25) is 5.02 Å². The zero-order chi connectivity index (χ0) is 13.3. The Kier molecular flexibility index (Phi) is 3.69. The van der Waals surface area contributed by atoms with Gasteiger partial charge in [-0.1, -0.05) is 35.9 Å². The molecular weight excluding hydrogens is 249 g/mol. The Morgan fingerprint density at radius 2 is 1.83 bits per heavy atom. The maximum absolute atomic E-state index is 13.9. The molecule has 0 heterocycles. The molecule has 0 saturated heterocycles. The van der Waals surface area contributed by atoms with Gasteiger partial charge in [-0.3, -0.25) is 0 Å². The summed E-state index contributed by atoms with van der Waals surface area (Å²) in [6.07, 6.45) is 0. The molecule has 0 bridgehead atoms. The molecule has 2 aromatic rings. The number of halogens is 2. The molecule has 0 amide bonds. The molecule has 2 rings (SSSR count). The van der Waals surface area contributed by atoms with Crippen LogP contribution < -0.4 is 5.73 Å². The van der Waals surface area contributed by atoms with Crippen molar-refractivity contribution in [2.75, 3.05) is 0 Å². The SMILES string of the molecule is Cc1ccc(C(N)c2ccc(C)c(Cl)c2)c(F)c1. The van der Waals surface area contributed by atoms with Crippen LogP contribution in [-0.2, 0) is 0 Å². The molecule has 2 N–H and O–H groups in total. The van der Waals surface area contributed by atoms with E-state index in [0.717, 1.165) is 16.7 Å². The van der Waals surface area contributed by atoms with E-state index in [1.807, 2.05) is 32.0 Å². The van der Waals surface area contributed by atoms with Gasteiger partial charge in [0.1, 0.15) is 5.82 Å². The van der Waals surface area contributed by atoms with Gasteiger partial charge in [0.15, 0.2) is 0 Å². The number of rotatable bonds is 2. The van der Waals surface area contributed by atoms with Crippen LogP contribution in [0.3, 0.4) is 0 Å². The number of nitrogens with two attached hydrogens (primary N) is 1. The molecule has 1 unspecified atom stereocenters. The Balaban J connectivity index is 2.41. The summed E-state index contributed by atoms with van der Waals surface area (Å²) in [5.74, 6) is -0.279. The van der Waals surface area contributed by atoms with Crippen molar-refractivity contribution < 1.29 is 4.39 Å². The fourth-order valence-corrected chi connectivity index (χ4v) is 2.06. The lowest BCUT2D eigenvalue weighted by Gasteiger charge is -2.15. The Morgan fingerprint density at radius 3 is 2.44 bits per heavy atom. The van der Waals surface area contributed by atoms with E-state index in [1.54, 1.807) is 12.1 Å². The highest BCUT2D eigenvalue weighted by Gasteiger charge is 2.14. The monoisotopic (exact) mass is 263 g/mol. The van der Waals surface area contributed by atoms with E-state index in [-0.39, 0.29) is 5.82 Å². The minimum absolute atomic E-state index is 0.279. The van der Waals surface area contributed by atoms with Crippen molar-refractivity contribution in [1.82, 2.24) is 0 Å². The second kappa shape index (κ2) is 5.09. The van der Waals surface area contributed by atoms with Crippen LogP contribution >= 0.6 is 11.6 Å². The standard InChI is InChI=1S/C15H15ClFN/c1-9-3-6-12(14(17)7-9)15(18)11-5-4-10(2)13(16)8-11/h3-8,15H,18H2,1-2H3. The minimum atomic E-state index is -0.497. The third-order valence-electron chi connectivity index (χ3n) is 3.05. The molecule has 94 valence electrons. The molecule has 0 aromatic heterocycles. The summed E-state index contributed by atoms with van der Waals surface area (Å²) >= 11 is 6.06. The lowest BCUT2D eigenvalue weighted by Crippen LogP contribution is -2.13. The van der Waals surface area contributed by atoms with Crippen molar-refractivity contribution in [1.29, 1.82) is 0 Å². The molecule has 18 heavy (non-hydrogen) atoms. The predicted octanol–water partition coefficient (Wildman–Crippen LogP) is 4.14. The van der Waals surface area contributed by atoms with Gasteiger partial charge in [-0.25, -0.2) is 4.39 Å². The minimum Gasteiger partial charge on any atom is -0.320 e. The van der Waals surface area contributed by atoms with Gasteiger partial charge in [0.05, 0.1) is 6.04 Å². The first kappa shape index (κ1) is 13.1. The van der Waals surface area contributed by atoms with E-state index in [9.17, 15) is 4.39 Å². The molecule has 0 aliphatic carbocycles. The van der Waals surface area contributed by atoms with Gasteiger partial charge in [-0.2, -0.15) is 0 Å². The van der Waals surface area contributed by atoms with E-state index in [2.05, 4.69) is 0 Å². The molecular formula is C15H15ClFN. The fraction of sp³-hybridized carbons (Fsp3) is 0.200. The van der Waals surface area contributed by atoms with E-state index < -0.39 is 6.04 Å². The highest BCUT2D eigenvalue weighted by Crippen LogP contribution is 2.26. The first-order chi connectivity index (χ1) is 8.49. The number of hydrogen-bond acceptors (Lipinski definition) is 1. The molecule has 0 aliphatic rings. The highest BCUT2D eigenvalue weighted by atomic mass is 35.5. The Labute approximate surface area is 111 Å². The molecule has 1 nitrogen and oxygen atoms in total. The van der Waals surface area contributed by atoms with Gasteiger partial charge in [0.25, 0.3) is 0 Å². The van der Waals surface area contributed by atoms with Gasteiger partial charge in [-0.15, -0.1) is 0 Å². The van der Waals surface area contributed by atoms with Gasteiger partial charge in [-0.05, 0) is 42.7 Å². The average molecular weight is 264 g/mol. The van der Waals surface area contributed by atoms with Crippen molar-refractivity contribution in [3.8, 4) is 0 Å². The summed E-state index contributed by atoms with van der Waals surface area (Å²) in [6.45, 7) is 3.77. The third kappa shape index (κ3) is 2.55. The van der Waals surface area contributed by atoms with Crippen LogP contribution in [0.25, 0.3) is 0 Å². The number of benzene rings is 2. The number of hydrogen-bond donors (Lipinski definition) is 1. The Bertz CT molecular complexity index is 581. The summed E-state index contributed by atoms with van der Waals surface area (Å²) in [5, 5.41) is 0.649. The van der Waals surface area contributed by atoms with Gasteiger partial charge >= 0.3 is 0 Å². The van der Waals surface area contributed by atoms with Crippen molar-refractivity contribution in [3.63, 3.8) is 0 Å². The highest BCUT2D eigenvalue weighted by molar-refractivity contribution is 6.31. The number of aryl methyl sites for hydroxylation is 2. The van der Waals surface area contributed by atoms with Crippen LogP contribution in [0.15, 0.2) is 36.4 Å². The van der Waals surface area contributed by atoms with Crippen molar-refractivity contribution in [3.05, 3.63) is 69.5 Å². The van der Waals surface area contributed by atoms with Crippen LogP contribution in [0.4, 0.5) is 4.39 Å². The van der Waals surface area contributed by atoms with Gasteiger partial charge in [0, 0.05) is 10.6 Å². The van der Waals surface area contributed by atoms with Gasteiger partial charge < -0.3 is 5.73 Å². The molecule has 0 spiro atoms. The summed E-state index contributed by atoms with van der Waals surface area (Å²) in [4.78, 5) is 0. The molecule has 0 aliphatic heterocycles. The summed E-state index contributed by atoms with van der Waals surface area (Å²) in [7, 11) is 0. The maximum atomic E-state index is 13.9. The van der Waals surface area contributed by atoms with Crippen LogP contribution in [0.5, 0.6) is 0 Å². The molecule has 3 heteroatoms. The summed E-state index contributed by atoms with van der Waals surface area (Å²) in [5.41, 5.74) is 9.25. The average Bonchev–Trinajstić information content (AvgIpc) is 2.32. The predicted molar refractivity (Wildman–Crippen MR) is 73.4 cm³/mol. The maximum Gasteiger partial charge on any atom is 0.128 e. The second-order valence-corrected chi connectivity index (χ2v) is 4.92. The molecule has 0 saturated carbocycles. The van der Waals surface area contributed by atoms with Crippen molar-refractivity contribution in [2.24, 2.45) is 5.73 Å². The van der Waals surface area contributed by atoms with Crippen LogP contribution in [0.1, 0.15) is 28.3 Å². The Morgan fingerprint density at radius 1 is 1.11 bits per heavy atom. The Hall–Kier alpha value is -1.38.